The maximum atomic E-state index is 12.3. The van der Waals surface area contributed by atoms with Gasteiger partial charge in [-0.3, -0.25) is 9.59 Å². The minimum atomic E-state index is -0.593. The van der Waals surface area contributed by atoms with Crippen molar-refractivity contribution in [1.82, 2.24) is 10.6 Å². The van der Waals surface area contributed by atoms with Crippen molar-refractivity contribution in [3.63, 3.8) is 0 Å². The zero-order valence-electron chi connectivity index (χ0n) is 17.0. The van der Waals surface area contributed by atoms with Crippen LogP contribution in [-0.4, -0.2) is 30.9 Å². The Balaban J connectivity index is 1.42. The first-order valence-corrected chi connectivity index (χ1v) is 10.4. The maximum Gasteiger partial charge on any atom is 0.239 e. The normalized spacial score (nSPS) is 22.6. The van der Waals surface area contributed by atoms with E-state index in [2.05, 4.69) is 59.2 Å². The Kier molecular flexibility index (Phi) is 5.41. The largest absolute Gasteiger partial charge is 0.354 e. The van der Waals surface area contributed by atoms with Crippen LogP contribution in [0.15, 0.2) is 48.5 Å². The Bertz CT molecular complexity index is 876. The van der Waals surface area contributed by atoms with E-state index in [-0.39, 0.29) is 24.3 Å². The number of nitrogens with one attached hydrogen (secondary N) is 2. The zero-order valence-corrected chi connectivity index (χ0v) is 17.0. The highest BCUT2D eigenvalue weighted by Crippen LogP contribution is 2.55. The molecule has 29 heavy (non-hydrogen) atoms. The summed E-state index contributed by atoms with van der Waals surface area (Å²) < 4.78 is 0. The van der Waals surface area contributed by atoms with Gasteiger partial charge in [0.25, 0.3) is 0 Å². The quantitative estimate of drug-likeness (QED) is 0.707. The van der Waals surface area contributed by atoms with Crippen molar-refractivity contribution in [3.8, 4) is 0 Å². The summed E-state index contributed by atoms with van der Waals surface area (Å²) in [5.74, 6) is 0.625. The maximum absolute atomic E-state index is 12.3. The van der Waals surface area contributed by atoms with Gasteiger partial charge in [-0.05, 0) is 40.5 Å². The molecule has 0 fully saturated rings. The lowest BCUT2D eigenvalue weighted by Crippen LogP contribution is -2.48. The molecule has 0 radical (unpaired) electrons. The number of nitrogens with two attached hydrogens (primary N) is 1. The van der Waals surface area contributed by atoms with Crippen molar-refractivity contribution >= 4 is 11.8 Å². The van der Waals surface area contributed by atoms with Gasteiger partial charge in [-0.2, -0.15) is 0 Å². The van der Waals surface area contributed by atoms with Crippen molar-refractivity contribution in [3.05, 3.63) is 70.8 Å². The first-order valence-electron chi connectivity index (χ1n) is 10.4. The molecular weight excluding hydrogens is 362 g/mol. The Morgan fingerprint density at radius 1 is 0.966 bits per heavy atom. The summed E-state index contributed by atoms with van der Waals surface area (Å²) in [7, 11) is 0. The molecule has 0 heterocycles. The van der Waals surface area contributed by atoms with Crippen LogP contribution in [0, 0.1) is 11.8 Å². The van der Waals surface area contributed by atoms with E-state index in [1.165, 1.54) is 22.3 Å². The predicted molar refractivity (Wildman–Crippen MR) is 114 cm³/mol. The molecule has 3 aliphatic carbocycles. The van der Waals surface area contributed by atoms with E-state index in [0.29, 0.717) is 24.3 Å². The third-order valence-electron chi connectivity index (χ3n) is 6.43. The smallest absolute Gasteiger partial charge is 0.239 e. The van der Waals surface area contributed by atoms with Crippen molar-refractivity contribution in [2.45, 2.75) is 38.1 Å². The van der Waals surface area contributed by atoms with Gasteiger partial charge in [-0.15, -0.1) is 0 Å². The molecule has 2 amide bonds. The van der Waals surface area contributed by atoms with E-state index in [9.17, 15) is 9.59 Å². The third kappa shape index (κ3) is 3.67. The molecular formula is C24H29N3O2. The molecule has 5 rings (SSSR count). The second-order valence-electron chi connectivity index (χ2n) is 8.58. The SMILES string of the molecule is CC(C)[C@H](N)C(=O)NCC(=O)NCC1CC2c3ccccc3C1c1ccccc12. The molecule has 4 N–H and O–H groups in total. The first-order chi connectivity index (χ1) is 14.0. The predicted octanol–water partition coefficient (Wildman–Crippen LogP) is 2.50. The van der Waals surface area contributed by atoms with Crippen LogP contribution in [0.4, 0.5) is 0 Å². The molecule has 152 valence electrons. The summed E-state index contributed by atoms with van der Waals surface area (Å²) in [4.78, 5) is 24.3. The Morgan fingerprint density at radius 3 is 2.07 bits per heavy atom. The van der Waals surface area contributed by atoms with Crippen LogP contribution >= 0.6 is 0 Å². The molecule has 0 saturated heterocycles. The lowest BCUT2D eigenvalue weighted by Gasteiger charge is -2.45. The second-order valence-corrected chi connectivity index (χ2v) is 8.58. The number of hydrogen-bond donors (Lipinski definition) is 3. The van der Waals surface area contributed by atoms with Crippen LogP contribution in [0.3, 0.4) is 0 Å². The molecule has 3 aliphatic rings. The molecule has 2 bridgehead atoms. The Labute approximate surface area is 172 Å². The van der Waals surface area contributed by atoms with Gasteiger partial charge < -0.3 is 16.4 Å². The van der Waals surface area contributed by atoms with Gasteiger partial charge in [-0.25, -0.2) is 0 Å². The molecule has 2 aromatic carbocycles. The standard InChI is InChI=1S/C24H29N3O2/c1-14(2)23(25)24(29)27-13-21(28)26-12-15-11-20-16-7-3-5-9-18(16)22(15)19-10-6-4-8-17(19)20/h3-10,14-15,20,22-23H,11-13,25H2,1-2H3,(H,26,28)(H,27,29)/t15?,20?,22?,23-/m0/s1. The monoisotopic (exact) mass is 391 g/mol. The number of rotatable bonds is 6. The molecule has 0 aromatic heterocycles. The molecule has 0 spiro atoms. The van der Waals surface area contributed by atoms with Gasteiger partial charge in [0, 0.05) is 18.4 Å². The van der Waals surface area contributed by atoms with E-state index in [1.807, 2.05) is 13.8 Å². The number of carbonyl (C=O) groups excluding carboxylic acids is 2. The number of carbonyl (C=O) groups is 2. The van der Waals surface area contributed by atoms with Gasteiger partial charge in [0.05, 0.1) is 12.6 Å². The minimum absolute atomic E-state index is 0.0345. The van der Waals surface area contributed by atoms with E-state index in [4.69, 9.17) is 5.73 Å². The second kappa shape index (κ2) is 7.99. The average Bonchev–Trinajstić information content (AvgIpc) is 2.75. The highest BCUT2D eigenvalue weighted by atomic mass is 16.2. The summed E-state index contributed by atoms with van der Waals surface area (Å²) in [6.45, 7) is 4.35. The van der Waals surface area contributed by atoms with E-state index >= 15 is 0 Å². The first kappa shape index (κ1) is 19.6. The van der Waals surface area contributed by atoms with Crippen molar-refractivity contribution in [2.24, 2.45) is 17.6 Å². The topological polar surface area (TPSA) is 84.2 Å². The third-order valence-corrected chi connectivity index (χ3v) is 6.43. The number of fused-ring (bicyclic) bond motifs is 1. The lowest BCUT2D eigenvalue weighted by molar-refractivity contribution is -0.127. The van der Waals surface area contributed by atoms with Crippen molar-refractivity contribution in [2.75, 3.05) is 13.1 Å². The van der Waals surface area contributed by atoms with Crippen LogP contribution in [0.1, 0.15) is 54.4 Å². The van der Waals surface area contributed by atoms with Crippen LogP contribution in [0.5, 0.6) is 0 Å². The summed E-state index contributed by atoms with van der Waals surface area (Å²) >= 11 is 0. The van der Waals surface area contributed by atoms with Crippen LogP contribution < -0.4 is 16.4 Å². The van der Waals surface area contributed by atoms with Gasteiger partial charge in [0.15, 0.2) is 0 Å². The van der Waals surface area contributed by atoms with Crippen LogP contribution in [0.25, 0.3) is 0 Å². The van der Waals surface area contributed by atoms with Crippen molar-refractivity contribution < 1.29 is 9.59 Å². The summed E-state index contributed by atoms with van der Waals surface area (Å²) in [6.07, 6.45) is 1.03. The minimum Gasteiger partial charge on any atom is -0.354 e. The fourth-order valence-electron chi connectivity index (χ4n) is 4.86. The lowest BCUT2D eigenvalue weighted by atomic mass is 9.59. The van der Waals surface area contributed by atoms with Crippen LogP contribution in [0.2, 0.25) is 0 Å². The molecule has 0 saturated carbocycles. The molecule has 5 heteroatoms. The van der Waals surface area contributed by atoms with Gasteiger partial charge in [0.2, 0.25) is 11.8 Å². The van der Waals surface area contributed by atoms with Gasteiger partial charge in [0.1, 0.15) is 0 Å². The molecule has 2 aromatic rings. The fraction of sp³-hybridized carbons (Fsp3) is 0.417. The fourth-order valence-corrected chi connectivity index (χ4v) is 4.86. The molecule has 2 atom stereocenters. The number of benzene rings is 2. The van der Waals surface area contributed by atoms with Crippen LogP contribution in [-0.2, 0) is 9.59 Å². The van der Waals surface area contributed by atoms with Gasteiger partial charge in [-0.1, -0.05) is 62.4 Å². The summed E-state index contributed by atoms with van der Waals surface area (Å²) in [5, 5.41) is 5.67. The molecule has 5 nitrogen and oxygen atoms in total. The molecule has 0 aliphatic heterocycles. The van der Waals surface area contributed by atoms with E-state index < -0.39 is 6.04 Å². The average molecular weight is 392 g/mol. The van der Waals surface area contributed by atoms with Crippen molar-refractivity contribution in [1.29, 1.82) is 0 Å². The highest BCUT2D eigenvalue weighted by Gasteiger charge is 2.42. The Morgan fingerprint density at radius 2 is 1.52 bits per heavy atom. The van der Waals surface area contributed by atoms with Gasteiger partial charge >= 0.3 is 0 Å². The number of hydrogen-bond acceptors (Lipinski definition) is 3. The van der Waals surface area contributed by atoms with E-state index in [1.54, 1.807) is 0 Å². The molecule has 1 unspecified atom stereocenters. The zero-order chi connectivity index (χ0) is 20.5. The van der Waals surface area contributed by atoms with E-state index in [0.717, 1.165) is 6.42 Å². The number of amides is 2. The summed E-state index contributed by atoms with van der Waals surface area (Å²) in [6, 6.07) is 16.8. The highest BCUT2D eigenvalue weighted by molar-refractivity contribution is 5.87. The summed E-state index contributed by atoms with van der Waals surface area (Å²) in [5.41, 5.74) is 11.4. The Hall–Kier alpha value is -2.66.